The third-order valence-corrected chi connectivity index (χ3v) is 8.34. The molecule has 0 radical (unpaired) electrons. The molecule has 228 valence electrons. The van der Waals surface area contributed by atoms with Gasteiger partial charge < -0.3 is 14.6 Å². The SMILES string of the molecule is CNC(=O)OCCc1ccc(-c2cc(C(F)F)c3cn(C(C(=O)Nc4nccs4)c4ncn5c4C[C@@H](F)C5)nc3c2C)cc1. The first-order valence-electron chi connectivity index (χ1n) is 13.9. The van der Waals surface area contributed by atoms with E-state index in [1.807, 2.05) is 24.3 Å². The van der Waals surface area contributed by atoms with Crippen LogP contribution in [0.25, 0.3) is 22.0 Å². The molecule has 0 aliphatic carbocycles. The quantitative estimate of drug-likeness (QED) is 0.220. The second-order valence-electron chi connectivity index (χ2n) is 10.4. The normalized spacial score (nSPS) is 15.0. The van der Waals surface area contributed by atoms with Gasteiger partial charge in [-0.05, 0) is 35.2 Å². The molecule has 44 heavy (non-hydrogen) atoms. The first kappa shape index (κ1) is 29.4. The molecule has 0 saturated carbocycles. The standard InChI is InChI=1S/C30H28F3N7O3S/c1-16-20(18-5-3-17(4-6-18)7-9-43-30(42)34-2)12-21(27(32)33)22-14-40(38-24(16)22)26(28(41)37-29-35-8-10-44-29)25-23-11-19(31)13-39(23)15-36-25/h3-6,8,10,12,14-15,19,26-27H,7,9,11,13H2,1-2H3,(H,34,42)(H,35,37,41)/t19-,26?/m1/s1. The van der Waals surface area contributed by atoms with Crippen molar-refractivity contribution in [3.05, 3.63) is 82.5 Å². The number of halogens is 3. The van der Waals surface area contributed by atoms with E-state index < -0.39 is 30.6 Å². The van der Waals surface area contributed by atoms with E-state index in [1.165, 1.54) is 41.7 Å². The van der Waals surface area contributed by atoms with Gasteiger partial charge in [0, 0.05) is 54.3 Å². The molecule has 0 bridgehead atoms. The second kappa shape index (κ2) is 12.1. The van der Waals surface area contributed by atoms with Crippen molar-refractivity contribution in [1.29, 1.82) is 0 Å². The molecule has 2 N–H and O–H groups in total. The van der Waals surface area contributed by atoms with Crippen molar-refractivity contribution < 1.29 is 27.5 Å². The van der Waals surface area contributed by atoms with Gasteiger partial charge >= 0.3 is 6.09 Å². The van der Waals surface area contributed by atoms with Gasteiger partial charge in [-0.2, -0.15) is 5.10 Å². The number of hydrogen-bond donors (Lipinski definition) is 2. The molecule has 1 unspecified atom stereocenters. The topological polar surface area (TPSA) is 116 Å². The van der Waals surface area contributed by atoms with Gasteiger partial charge in [-0.3, -0.25) is 14.8 Å². The summed E-state index contributed by atoms with van der Waals surface area (Å²) >= 11 is 1.23. The number of anilines is 1. The number of alkyl carbamates (subject to hydrolysis) is 1. The van der Waals surface area contributed by atoms with Crippen molar-refractivity contribution >= 4 is 39.4 Å². The van der Waals surface area contributed by atoms with Crippen LogP contribution in [-0.4, -0.2) is 56.1 Å². The van der Waals surface area contributed by atoms with Gasteiger partial charge in [0.1, 0.15) is 6.17 Å². The smallest absolute Gasteiger partial charge is 0.406 e. The van der Waals surface area contributed by atoms with E-state index in [0.717, 1.165) is 5.56 Å². The first-order chi connectivity index (χ1) is 21.2. The Morgan fingerprint density at radius 1 is 1.20 bits per heavy atom. The minimum absolute atomic E-state index is 0.0799. The number of aryl methyl sites for hydroxylation is 1. The van der Waals surface area contributed by atoms with Crippen molar-refractivity contribution in [2.75, 3.05) is 19.0 Å². The van der Waals surface area contributed by atoms with Crippen LogP contribution < -0.4 is 10.6 Å². The molecular formula is C30H28F3N7O3S. The highest BCUT2D eigenvalue weighted by atomic mass is 32.1. The Morgan fingerprint density at radius 3 is 2.70 bits per heavy atom. The summed E-state index contributed by atoms with van der Waals surface area (Å²) in [5, 5.41) is 12.1. The summed E-state index contributed by atoms with van der Waals surface area (Å²) in [6, 6.07) is 7.64. The Balaban J connectivity index is 1.40. The Labute approximate surface area is 253 Å². The summed E-state index contributed by atoms with van der Waals surface area (Å²) in [6.07, 6.45) is 0.586. The molecule has 5 aromatic rings. The van der Waals surface area contributed by atoms with E-state index in [4.69, 9.17) is 4.74 Å². The number of imidazole rings is 1. The zero-order chi connectivity index (χ0) is 31.0. The molecule has 10 nitrogen and oxygen atoms in total. The van der Waals surface area contributed by atoms with Gasteiger partial charge in [-0.25, -0.2) is 27.9 Å². The molecule has 0 saturated heterocycles. The van der Waals surface area contributed by atoms with Gasteiger partial charge in [0.15, 0.2) is 11.2 Å². The average Bonchev–Trinajstić information content (AvgIpc) is 3.80. The highest BCUT2D eigenvalue weighted by molar-refractivity contribution is 7.13. The molecule has 6 rings (SSSR count). The molecule has 0 spiro atoms. The van der Waals surface area contributed by atoms with Crippen LogP contribution in [0.15, 0.2) is 54.4 Å². The minimum atomic E-state index is -2.82. The maximum atomic E-state index is 14.5. The number of fused-ring (bicyclic) bond motifs is 2. The number of carbonyl (C=O) groups is 2. The lowest BCUT2D eigenvalue weighted by atomic mass is 9.94. The van der Waals surface area contributed by atoms with Crippen molar-refractivity contribution in [2.45, 2.75) is 44.9 Å². The predicted molar refractivity (Wildman–Crippen MR) is 159 cm³/mol. The van der Waals surface area contributed by atoms with E-state index in [0.29, 0.717) is 45.1 Å². The third kappa shape index (κ3) is 5.64. The van der Waals surface area contributed by atoms with Crippen LogP contribution in [0.2, 0.25) is 0 Å². The lowest BCUT2D eigenvalue weighted by Gasteiger charge is -2.16. The molecule has 1 aliphatic heterocycles. The zero-order valence-corrected chi connectivity index (χ0v) is 24.6. The summed E-state index contributed by atoms with van der Waals surface area (Å²) < 4.78 is 51.4. The maximum Gasteiger partial charge on any atom is 0.406 e. The van der Waals surface area contributed by atoms with Crippen molar-refractivity contribution in [1.82, 2.24) is 29.6 Å². The summed E-state index contributed by atoms with van der Waals surface area (Å²) in [7, 11) is 1.48. The fourth-order valence-electron chi connectivity index (χ4n) is 5.49. The van der Waals surface area contributed by atoms with Crippen LogP contribution in [0, 0.1) is 6.92 Å². The van der Waals surface area contributed by atoms with Crippen molar-refractivity contribution in [2.24, 2.45) is 0 Å². The fourth-order valence-corrected chi connectivity index (χ4v) is 6.03. The molecule has 2 atom stereocenters. The predicted octanol–water partition coefficient (Wildman–Crippen LogP) is 5.62. The molecule has 14 heteroatoms. The molecule has 3 aromatic heterocycles. The van der Waals surface area contributed by atoms with Crippen LogP contribution in [0.4, 0.5) is 23.1 Å². The molecule has 1 aliphatic rings. The second-order valence-corrected chi connectivity index (χ2v) is 11.3. The lowest BCUT2D eigenvalue weighted by molar-refractivity contribution is -0.118. The van der Waals surface area contributed by atoms with Crippen molar-refractivity contribution in [3.63, 3.8) is 0 Å². The Hall–Kier alpha value is -4.72. The Kier molecular flexibility index (Phi) is 8.08. The number of rotatable bonds is 9. The Bertz CT molecular complexity index is 1820. The number of thiazole rings is 1. The third-order valence-electron chi connectivity index (χ3n) is 7.65. The van der Waals surface area contributed by atoms with Gasteiger partial charge in [0.2, 0.25) is 0 Å². The molecule has 2 amide bonds. The highest BCUT2D eigenvalue weighted by Gasteiger charge is 2.35. The minimum Gasteiger partial charge on any atom is -0.449 e. The van der Waals surface area contributed by atoms with Gasteiger partial charge in [0.25, 0.3) is 12.3 Å². The van der Waals surface area contributed by atoms with E-state index in [1.54, 1.807) is 23.1 Å². The number of benzene rings is 2. The summed E-state index contributed by atoms with van der Waals surface area (Å²) in [4.78, 5) is 33.6. The van der Waals surface area contributed by atoms with Gasteiger partial charge in [0.05, 0.1) is 30.7 Å². The van der Waals surface area contributed by atoms with Gasteiger partial charge in [-0.15, -0.1) is 11.3 Å². The molecule has 2 aromatic carbocycles. The molecular weight excluding hydrogens is 595 g/mol. The van der Waals surface area contributed by atoms with E-state index >= 15 is 0 Å². The number of carbonyl (C=O) groups excluding carboxylic acids is 2. The van der Waals surface area contributed by atoms with Gasteiger partial charge in [-0.1, -0.05) is 24.3 Å². The van der Waals surface area contributed by atoms with Crippen LogP contribution in [-0.2, 0) is 28.9 Å². The zero-order valence-electron chi connectivity index (χ0n) is 23.8. The molecule has 4 heterocycles. The van der Waals surface area contributed by atoms with Crippen LogP contribution >= 0.6 is 11.3 Å². The first-order valence-corrected chi connectivity index (χ1v) is 14.7. The monoisotopic (exact) mass is 623 g/mol. The summed E-state index contributed by atoms with van der Waals surface area (Å²) in [5.41, 5.74) is 3.78. The van der Waals surface area contributed by atoms with Crippen molar-refractivity contribution in [3.8, 4) is 11.1 Å². The average molecular weight is 624 g/mol. The van der Waals surface area contributed by atoms with E-state index in [2.05, 4.69) is 25.7 Å². The number of nitrogens with one attached hydrogen (secondary N) is 2. The lowest BCUT2D eigenvalue weighted by Crippen LogP contribution is -2.28. The summed E-state index contributed by atoms with van der Waals surface area (Å²) in [5.74, 6) is -0.524. The highest BCUT2D eigenvalue weighted by Crippen LogP contribution is 2.38. The number of amides is 2. The van der Waals surface area contributed by atoms with Crippen LogP contribution in [0.1, 0.15) is 40.5 Å². The fraction of sp³-hybridized carbons (Fsp3) is 0.300. The number of aromatic nitrogens is 5. The number of ether oxygens (including phenoxy) is 1. The van der Waals surface area contributed by atoms with E-state index in [9.17, 15) is 22.8 Å². The number of alkyl halides is 3. The van der Waals surface area contributed by atoms with Crippen LogP contribution in [0.5, 0.6) is 0 Å². The number of hydrogen-bond acceptors (Lipinski definition) is 7. The maximum absolute atomic E-state index is 14.5. The largest absolute Gasteiger partial charge is 0.449 e. The Morgan fingerprint density at radius 2 is 2.00 bits per heavy atom. The van der Waals surface area contributed by atoms with Crippen LogP contribution in [0.3, 0.4) is 0 Å². The molecule has 0 fully saturated rings. The summed E-state index contributed by atoms with van der Waals surface area (Å²) in [6.45, 7) is 2.12. The van der Waals surface area contributed by atoms with E-state index in [-0.39, 0.29) is 30.5 Å². The number of nitrogens with zero attached hydrogens (tertiary/aromatic N) is 5.